The number of aromatic nitrogens is 2. The zero-order chi connectivity index (χ0) is 22.0. The molecule has 1 amide bonds. The molecule has 0 saturated heterocycles. The number of nitrogens with one attached hydrogen (secondary N) is 2. The van der Waals surface area contributed by atoms with Gasteiger partial charge in [0.1, 0.15) is 5.82 Å². The van der Waals surface area contributed by atoms with E-state index >= 15 is 0 Å². The van der Waals surface area contributed by atoms with E-state index in [1.807, 2.05) is 30.3 Å². The molecule has 1 aromatic heterocycles. The summed E-state index contributed by atoms with van der Waals surface area (Å²) in [5, 5.41) is 9.81. The lowest BCUT2D eigenvalue weighted by atomic mass is 9.97. The minimum absolute atomic E-state index is 0.0405. The quantitative estimate of drug-likeness (QED) is 0.509. The third-order valence-electron chi connectivity index (χ3n) is 5.24. The standard InChI is InChI=1S/C22H20BrF3N4O/c23-16-8-6-15(7-9-16)17-12-19(22(24,25)26)30-20(28-17)13-18(29-30)21(31)27-11-10-14-4-2-1-3-5-14/h1-9,13,17,19,28H,10-12H2,(H,27,31)/t17-,19-/m1/s1. The normalized spacial score (nSPS) is 18.2. The minimum atomic E-state index is -4.49. The Morgan fingerprint density at radius 3 is 2.55 bits per heavy atom. The Bertz CT molecular complexity index is 1050. The van der Waals surface area contributed by atoms with Gasteiger partial charge in [0, 0.05) is 23.5 Å². The molecule has 1 aliphatic heterocycles. The first-order valence-corrected chi connectivity index (χ1v) is 10.6. The highest BCUT2D eigenvalue weighted by Crippen LogP contribution is 2.43. The molecule has 0 bridgehead atoms. The average molecular weight is 493 g/mol. The fourth-order valence-corrected chi connectivity index (χ4v) is 3.92. The fourth-order valence-electron chi connectivity index (χ4n) is 3.65. The molecule has 2 aromatic carbocycles. The maximum absolute atomic E-state index is 13.8. The lowest BCUT2D eigenvalue weighted by molar-refractivity contribution is -0.173. The Morgan fingerprint density at radius 1 is 1.16 bits per heavy atom. The van der Waals surface area contributed by atoms with Crippen molar-refractivity contribution in [2.75, 3.05) is 11.9 Å². The highest BCUT2D eigenvalue weighted by Gasteiger charge is 2.46. The van der Waals surface area contributed by atoms with Crippen LogP contribution in [0.3, 0.4) is 0 Å². The predicted octanol–water partition coefficient (Wildman–Crippen LogP) is 5.28. The molecule has 0 saturated carbocycles. The number of hydrogen-bond acceptors (Lipinski definition) is 3. The lowest BCUT2D eigenvalue weighted by Gasteiger charge is -2.33. The molecule has 2 heterocycles. The monoisotopic (exact) mass is 492 g/mol. The summed E-state index contributed by atoms with van der Waals surface area (Å²) in [4.78, 5) is 12.5. The predicted molar refractivity (Wildman–Crippen MR) is 115 cm³/mol. The van der Waals surface area contributed by atoms with Gasteiger partial charge in [0.2, 0.25) is 0 Å². The maximum Gasteiger partial charge on any atom is 0.410 e. The maximum atomic E-state index is 13.8. The van der Waals surface area contributed by atoms with Gasteiger partial charge in [-0.25, -0.2) is 4.68 Å². The van der Waals surface area contributed by atoms with E-state index in [1.54, 1.807) is 24.3 Å². The molecular formula is C22H20BrF3N4O. The number of carbonyl (C=O) groups excluding carboxylic acids is 1. The summed E-state index contributed by atoms with van der Waals surface area (Å²) < 4.78 is 43.1. The second-order valence-electron chi connectivity index (χ2n) is 7.39. The van der Waals surface area contributed by atoms with E-state index in [4.69, 9.17) is 0 Å². The van der Waals surface area contributed by atoms with Crippen LogP contribution >= 0.6 is 15.9 Å². The molecule has 5 nitrogen and oxygen atoms in total. The van der Waals surface area contributed by atoms with Crippen molar-refractivity contribution in [2.24, 2.45) is 0 Å². The van der Waals surface area contributed by atoms with Gasteiger partial charge in [-0.3, -0.25) is 4.79 Å². The van der Waals surface area contributed by atoms with Crippen molar-refractivity contribution in [1.82, 2.24) is 15.1 Å². The Morgan fingerprint density at radius 2 is 1.87 bits per heavy atom. The molecule has 2 N–H and O–H groups in total. The third kappa shape index (κ3) is 4.92. The molecule has 0 fully saturated rings. The van der Waals surface area contributed by atoms with E-state index in [1.165, 1.54) is 6.07 Å². The van der Waals surface area contributed by atoms with Gasteiger partial charge in [-0.15, -0.1) is 0 Å². The molecule has 9 heteroatoms. The molecule has 2 atom stereocenters. The smallest absolute Gasteiger partial charge is 0.363 e. The second kappa shape index (κ2) is 8.74. The molecule has 0 aliphatic carbocycles. The van der Waals surface area contributed by atoms with E-state index in [-0.39, 0.29) is 17.9 Å². The van der Waals surface area contributed by atoms with Gasteiger partial charge in [0.05, 0.1) is 6.04 Å². The summed E-state index contributed by atoms with van der Waals surface area (Å²) >= 11 is 3.33. The number of rotatable bonds is 5. The Balaban J connectivity index is 1.52. The van der Waals surface area contributed by atoms with Crippen LogP contribution in [0.15, 0.2) is 65.1 Å². The van der Waals surface area contributed by atoms with Gasteiger partial charge < -0.3 is 10.6 Å². The summed E-state index contributed by atoms with van der Waals surface area (Å²) in [5.74, 6) is -0.324. The van der Waals surface area contributed by atoms with Crippen LogP contribution in [0.5, 0.6) is 0 Å². The molecule has 3 aromatic rings. The van der Waals surface area contributed by atoms with Crippen LogP contribution < -0.4 is 10.6 Å². The molecule has 162 valence electrons. The molecule has 0 radical (unpaired) electrons. The van der Waals surface area contributed by atoms with Crippen molar-refractivity contribution in [2.45, 2.75) is 31.1 Å². The Kier molecular flexibility index (Phi) is 6.04. The summed E-state index contributed by atoms with van der Waals surface area (Å²) in [5.41, 5.74) is 1.75. The first-order valence-electron chi connectivity index (χ1n) is 9.81. The van der Waals surface area contributed by atoms with Crippen LogP contribution in [0.25, 0.3) is 0 Å². The van der Waals surface area contributed by atoms with Gasteiger partial charge >= 0.3 is 6.18 Å². The van der Waals surface area contributed by atoms with Crippen LogP contribution in [0.1, 0.15) is 40.1 Å². The average Bonchev–Trinajstić information content (AvgIpc) is 3.18. The lowest BCUT2D eigenvalue weighted by Crippen LogP contribution is -2.35. The van der Waals surface area contributed by atoms with E-state index in [0.29, 0.717) is 13.0 Å². The second-order valence-corrected chi connectivity index (χ2v) is 8.31. The van der Waals surface area contributed by atoms with Crippen molar-refractivity contribution < 1.29 is 18.0 Å². The molecular weight excluding hydrogens is 473 g/mol. The van der Waals surface area contributed by atoms with Crippen molar-refractivity contribution in [3.05, 3.63) is 82.0 Å². The van der Waals surface area contributed by atoms with Crippen molar-refractivity contribution in [1.29, 1.82) is 0 Å². The largest absolute Gasteiger partial charge is 0.410 e. The Labute approximate surface area is 185 Å². The summed E-state index contributed by atoms with van der Waals surface area (Å²) in [7, 11) is 0. The minimum Gasteiger partial charge on any atom is -0.363 e. The van der Waals surface area contributed by atoms with E-state index in [9.17, 15) is 18.0 Å². The topological polar surface area (TPSA) is 59.0 Å². The van der Waals surface area contributed by atoms with Crippen molar-refractivity contribution in [3.63, 3.8) is 0 Å². The van der Waals surface area contributed by atoms with E-state index < -0.39 is 24.2 Å². The summed E-state index contributed by atoms with van der Waals surface area (Å²) in [6.07, 6.45) is -4.08. The van der Waals surface area contributed by atoms with Crippen LogP contribution in [0.2, 0.25) is 0 Å². The number of hydrogen-bond donors (Lipinski definition) is 2. The summed E-state index contributed by atoms with van der Waals surface area (Å²) in [6.45, 7) is 0.364. The highest BCUT2D eigenvalue weighted by atomic mass is 79.9. The Hall–Kier alpha value is -2.81. The molecule has 0 spiro atoms. The number of anilines is 1. The zero-order valence-electron chi connectivity index (χ0n) is 16.4. The SMILES string of the molecule is O=C(NCCc1ccccc1)c1cc2n(n1)[C@@H](C(F)(F)F)C[C@H](c1ccc(Br)cc1)N2. The number of carbonyl (C=O) groups is 1. The number of benzene rings is 2. The number of amides is 1. The fraction of sp³-hybridized carbons (Fsp3) is 0.273. The van der Waals surface area contributed by atoms with Crippen molar-refractivity contribution >= 4 is 27.7 Å². The van der Waals surface area contributed by atoms with E-state index in [2.05, 4.69) is 31.7 Å². The number of halogens is 4. The first kappa shape index (κ1) is 21.4. The van der Waals surface area contributed by atoms with Crippen LogP contribution in [-0.2, 0) is 6.42 Å². The molecule has 0 unspecified atom stereocenters. The number of fused-ring (bicyclic) bond motifs is 1. The number of alkyl halides is 3. The zero-order valence-corrected chi connectivity index (χ0v) is 18.0. The van der Waals surface area contributed by atoms with Gasteiger partial charge in [0.15, 0.2) is 11.7 Å². The summed E-state index contributed by atoms with van der Waals surface area (Å²) in [6, 6.07) is 15.8. The highest BCUT2D eigenvalue weighted by molar-refractivity contribution is 9.10. The van der Waals surface area contributed by atoms with Gasteiger partial charge in [-0.05, 0) is 29.7 Å². The van der Waals surface area contributed by atoms with Gasteiger partial charge in [0.25, 0.3) is 5.91 Å². The number of nitrogens with zero attached hydrogens (tertiary/aromatic N) is 2. The van der Waals surface area contributed by atoms with E-state index in [0.717, 1.165) is 20.3 Å². The van der Waals surface area contributed by atoms with Crippen LogP contribution in [0, 0.1) is 0 Å². The van der Waals surface area contributed by atoms with Crippen LogP contribution in [-0.4, -0.2) is 28.4 Å². The molecule has 31 heavy (non-hydrogen) atoms. The first-order chi connectivity index (χ1) is 14.8. The molecule has 1 aliphatic rings. The van der Waals surface area contributed by atoms with Gasteiger partial charge in [-0.1, -0.05) is 58.4 Å². The van der Waals surface area contributed by atoms with Crippen molar-refractivity contribution in [3.8, 4) is 0 Å². The third-order valence-corrected chi connectivity index (χ3v) is 5.77. The van der Waals surface area contributed by atoms with Gasteiger partial charge in [-0.2, -0.15) is 18.3 Å². The molecule has 4 rings (SSSR count). The van der Waals surface area contributed by atoms with Crippen LogP contribution in [0.4, 0.5) is 19.0 Å².